The number of ether oxygens (including phenoxy) is 2. The number of carbonyl (C=O) groups is 3. The van der Waals surface area contributed by atoms with Gasteiger partial charge in [0, 0.05) is 14.1 Å². The minimum absolute atomic E-state index is 0.117. The molecule has 0 fully saturated rings. The lowest BCUT2D eigenvalue weighted by atomic mass is 9.98. The summed E-state index contributed by atoms with van der Waals surface area (Å²) in [6, 6.07) is -1.42. The summed E-state index contributed by atoms with van der Waals surface area (Å²) >= 11 is 0. The maximum atomic E-state index is 13.5. The van der Waals surface area contributed by atoms with Crippen LogP contribution in [0.4, 0.5) is 4.79 Å². The van der Waals surface area contributed by atoms with Gasteiger partial charge in [0.2, 0.25) is 5.91 Å². The van der Waals surface area contributed by atoms with Crippen molar-refractivity contribution in [1.82, 2.24) is 9.80 Å². The number of carbonyl (C=O) groups excluding carboxylic acids is 3. The van der Waals surface area contributed by atoms with E-state index < -0.39 is 18.2 Å². The number of likely N-dealkylation sites (N-methyl/N-ethyl adjacent to an activating group) is 2. The maximum Gasteiger partial charge on any atom is 0.410 e. The van der Waals surface area contributed by atoms with E-state index in [-0.39, 0.29) is 23.7 Å². The summed E-state index contributed by atoms with van der Waals surface area (Å²) < 4.78 is 11.0. The highest BCUT2D eigenvalue weighted by atomic mass is 16.6. The van der Waals surface area contributed by atoms with Crippen molar-refractivity contribution in [1.29, 1.82) is 0 Å². The number of nitrogens with zero attached hydrogens (tertiary/aromatic N) is 2. The van der Waals surface area contributed by atoms with Crippen molar-refractivity contribution in [2.24, 2.45) is 11.8 Å². The Hall–Kier alpha value is -1.79. The minimum Gasteiger partial charge on any atom is -0.464 e. The molecule has 2 atom stereocenters. The predicted octanol–water partition coefficient (Wildman–Crippen LogP) is 6.83. The number of hydrogen-bond acceptors (Lipinski definition) is 5. The normalized spacial score (nSPS) is 12.9. The van der Waals surface area contributed by atoms with E-state index in [9.17, 15) is 14.4 Å². The third-order valence-electron chi connectivity index (χ3n) is 6.69. The van der Waals surface area contributed by atoms with E-state index in [1.54, 1.807) is 14.1 Å². The third-order valence-corrected chi connectivity index (χ3v) is 6.69. The van der Waals surface area contributed by atoms with Crippen LogP contribution in [-0.4, -0.2) is 67.2 Å². The predicted molar refractivity (Wildman–Crippen MR) is 147 cm³/mol. The van der Waals surface area contributed by atoms with Crippen LogP contribution >= 0.6 is 0 Å². The van der Waals surface area contributed by atoms with Gasteiger partial charge in [0.25, 0.3) is 0 Å². The Balaban J connectivity index is 4.92. The Bertz CT molecular complexity index is 608. The average Bonchev–Trinajstić information content (AvgIpc) is 2.82. The molecule has 0 aliphatic heterocycles. The van der Waals surface area contributed by atoms with Crippen LogP contribution in [-0.2, 0) is 19.1 Å². The second-order valence-electron chi connectivity index (χ2n) is 10.8. The lowest BCUT2D eigenvalue weighted by Gasteiger charge is -2.36. The Morgan fingerprint density at radius 2 is 1.00 bits per heavy atom. The summed E-state index contributed by atoms with van der Waals surface area (Å²) in [5.74, 6) is -0.920. The summed E-state index contributed by atoms with van der Waals surface area (Å²) in [6.07, 6.45) is 12.8. The van der Waals surface area contributed by atoms with Crippen molar-refractivity contribution in [2.75, 3.05) is 27.3 Å². The van der Waals surface area contributed by atoms with Crippen molar-refractivity contribution in [3.8, 4) is 0 Å². The zero-order valence-corrected chi connectivity index (χ0v) is 24.6. The van der Waals surface area contributed by atoms with E-state index in [1.165, 1.54) is 48.3 Å². The Kier molecular flexibility index (Phi) is 19.3. The number of hydrogen-bond donors (Lipinski definition) is 0. The molecule has 0 N–H and O–H groups in total. The van der Waals surface area contributed by atoms with E-state index >= 15 is 0 Å². The fraction of sp³-hybridized carbons (Fsp3) is 0.897. The molecule has 0 aromatic heterocycles. The second-order valence-corrected chi connectivity index (χ2v) is 10.8. The molecule has 0 bridgehead atoms. The molecule has 7 nitrogen and oxygen atoms in total. The molecule has 0 spiro atoms. The fourth-order valence-corrected chi connectivity index (χ4v) is 4.52. The molecule has 0 rings (SSSR count). The molecule has 0 aliphatic rings. The standard InChI is InChI=1S/C29H56N2O5/c1-9-11-13-15-17-19-21-35-28(33)26(24(5)6)30(7)27(32)25(23(3)4)31(8)29(34)36-22-20-18-16-14-12-10-2/h23-26H,9-22H2,1-8H3. The van der Waals surface area contributed by atoms with Gasteiger partial charge in [0.1, 0.15) is 12.1 Å². The first-order valence-corrected chi connectivity index (χ1v) is 14.4. The monoisotopic (exact) mass is 512 g/mol. The van der Waals surface area contributed by atoms with Crippen molar-refractivity contribution in [2.45, 2.75) is 131 Å². The SMILES string of the molecule is CCCCCCCCOC(=O)C(C(C)C)N(C)C(=O)C(C(C)C)N(C)C(=O)OCCCCCCCC. The lowest BCUT2D eigenvalue weighted by Crippen LogP contribution is -2.56. The second kappa shape index (κ2) is 20.3. The van der Waals surface area contributed by atoms with Crippen LogP contribution in [0.3, 0.4) is 0 Å². The molecule has 7 heteroatoms. The largest absolute Gasteiger partial charge is 0.464 e. The molecule has 0 aromatic rings. The zero-order chi connectivity index (χ0) is 27.5. The summed E-state index contributed by atoms with van der Waals surface area (Å²) in [6.45, 7) is 12.7. The van der Waals surface area contributed by atoms with Crippen molar-refractivity contribution >= 4 is 18.0 Å². The molecule has 0 saturated heterocycles. The van der Waals surface area contributed by atoms with Crippen LogP contribution in [0.25, 0.3) is 0 Å². The maximum absolute atomic E-state index is 13.5. The zero-order valence-electron chi connectivity index (χ0n) is 24.6. The molecule has 2 unspecified atom stereocenters. The first-order chi connectivity index (χ1) is 17.1. The highest BCUT2D eigenvalue weighted by molar-refractivity contribution is 5.89. The Morgan fingerprint density at radius 1 is 0.583 bits per heavy atom. The summed E-state index contributed by atoms with van der Waals surface area (Å²) in [5.41, 5.74) is 0. The summed E-state index contributed by atoms with van der Waals surface area (Å²) in [5, 5.41) is 0. The fourth-order valence-electron chi connectivity index (χ4n) is 4.52. The van der Waals surface area contributed by atoms with E-state index in [2.05, 4.69) is 13.8 Å². The van der Waals surface area contributed by atoms with Gasteiger partial charge in [0.15, 0.2) is 0 Å². The third kappa shape index (κ3) is 13.5. The minimum atomic E-state index is -0.723. The van der Waals surface area contributed by atoms with Gasteiger partial charge in [-0.05, 0) is 24.7 Å². The van der Waals surface area contributed by atoms with E-state index in [1.807, 2.05) is 27.7 Å². The van der Waals surface area contributed by atoms with Gasteiger partial charge in [0.05, 0.1) is 13.2 Å². The van der Waals surface area contributed by atoms with Gasteiger partial charge < -0.3 is 14.4 Å². The highest BCUT2D eigenvalue weighted by Gasteiger charge is 2.38. The number of rotatable bonds is 20. The Morgan fingerprint density at radius 3 is 1.44 bits per heavy atom. The van der Waals surface area contributed by atoms with Crippen LogP contribution in [0.5, 0.6) is 0 Å². The topological polar surface area (TPSA) is 76.2 Å². The number of esters is 1. The van der Waals surface area contributed by atoms with E-state index in [0.29, 0.717) is 13.2 Å². The highest BCUT2D eigenvalue weighted by Crippen LogP contribution is 2.19. The first kappa shape index (κ1) is 34.2. The van der Waals surface area contributed by atoms with Gasteiger partial charge in [-0.15, -0.1) is 0 Å². The van der Waals surface area contributed by atoms with Crippen LogP contribution < -0.4 is 0 Å². The van der Waals surface area contributed by atoms with Crippen LogP contribution in [0.1, 0.15) is 119 Å². The van der Waals surface area contributed by atoms with Crippen LogP contribution in [0.15, 0.2) is 0 Å². The first-order valence-electron chi connectivity index (χ1n) is 14.4. The molecule has 0 heterocycles. The molecule has 0 saturated carbocycles. The molecule has 2 amide bonds. The molecule has 0 aromatic carbocycles. The lowest BCUT2D eigenvalue weighted by molar-refractivity contribution is -0.158. The quantitative estimate of drug-likeness (QED) is 0.132. The average molecular weight is 513 g/mol. The van der Waals surface area contributed by atoms with Gasteiger partial charge in [-0.1, -0.05) is 106 Å². The molecule has 0 aliphatic carbocycles. The molecule has 0 radical (unpaired) electrons. The van der Waals surface area contributed by atoms with Crippen molar-refractivity contribution < 1.29 is 23.9 Å². The Labute approximate surface area is 221 Å². The number of amides is 2. The van der Waals surface area contributed by atoms with Gasteiger partial charge in [-0.25, -0.2) is 9.59 Å². The smallest absolute Gasteiger partial charge is 0.410 e. The van der Waals surface area contributed by atoms with Crippen LogP contribution in [0.2, 0.25) is 0 Å². The number of unbranched alkanes of at least 4 members (excludes halogenated alkanes) is 10. The molecular formula is C29H56N2O5. The van der Waals surface area contributed by atoms with Gasteiger partial charge in [-0.2, -0.15) is 0 Å². The molecule has 36 heavy (non-hydrogen) atoms. The van der Waals surface area contributed by atoms with Crippen LogP contribution in [0, 0.1) is 11.8 Å². The van der Waals surface area contributed by atoms with E-state index in [4.69, 9.17) is 9.47 Å². The van der Waals surface area contributed by atoms with Gasteiger partial charge >= 0.3 is 12.1 Å². The molecule has 212 valence electrons. The molecular weight excluding hydrogens is 456 g/mol. The van der Waals surface area contributed by atoms with Crippen molar-refractivity contribution in [3.05, 3.63) is 0 Å². The summed E-state index contributed by atoms with van der Waals surface area (Å²) in [4.78, 5) is 41.9. The van der Waals surface area contributed by atoms with Gasteiger partial charge in [-0.3, -0.25) is 9.69 Å². The summed E-state index contributed by atoms with van der Waals surface area (Å²) in [7, 11) is 3.23. The van der Waals surface area contributed by atoms with Crippen molar-refractivity contribution in [3.63, 3.8) is 0 Å². The van der Waals surface area contributed by atoms with E-state index in [0.717, 1.165) is 38.5 Å².